The van der Waals surface area contributed by atoms with Crippen LogP contribution in [0.4, 0.5) is 10.2 Å². The van der Waals surface area contributed by atoms with Crippen molar-refractivity contribution in [2.24, 2.45) is 0 Å². The van der Waals surface area contributed by atoms with Gasteiger partial charge < -0.3 is 10.2 Å². The third-order valence-corrected chi connectivity index (χ3v) is 4.47. The van der Waals surface area contributed by atoms with E-state index in [-0.39, 0.29) is 22.0 Å². The number of thioether (sulfide) groups is 1. The zero-order chi connectivity index (χ0) is 14.8. The van der Waals surface area contributed by atoms with E-state index in [0.717, 1.165) is 5.75 Å². The molecule has 20 heavy (non-hydrogen) atoms. The number of hydrogen-bond donors (Lipinski definition) is 1. The molecule has 0 aromatic carbocycles. The Morgan fingerprint density at radius 2 is 2.35 bits per heavy atom. The molecule has 0 bridgehead atoms. The second-order valence-corrected chi connectivity index (χ2v) is 7.19. The predicted octanol–water partition coefficient (Wildman–Crippen LogP) is 2.62. The summed E-state index contributed by atoms with van der Waals surface area (Å²) in [7, 11) is 0. The van der Waals surface area contributed by atoms with E-state index >= 15 is 0 Å². The fourth-order valence-corrected chi connectivity index (χ4v) is 3.37. The molecule has 1 saturated heterocycles. The Kier molecular flexibility index (Phi) is 4.52. The first kappa shape index (κ1) is 15.1. The zero-order valence-corrected chi connectivity index (χ0v) is 12.9. The van der Waals surface area contributed by atoms with Gasteiger partial charge >= 0.3 is 0 Å². The van der Waals surface area contributed by atoms with Crippen LogP contribution in [0.15, 0.2) is 12.3 Å². The van der Waals surface area contributed by atoms with E-state index in [1.807, 2.05) is 18.7 Å². The molecule has 6 heteroatoms. The highest BCUT2D eigenvalue weighted by atomic mass is 32.2. The number of nitrogens with one attached hydrogen (secondary N) is 1. The highest BCUT2D eigenvalue weighted by Gasteiger charge is 2.31. The Labute approximate surface area is 123 Å². The van der Waals surface area contributed by atoms with Crippen LogP contribution in [0.1, 0.15) is 31.1 Å². The third kappa shape index (κ3) is 3.23. The summed E-state index contributed by atoms with van der Waals surface area (Å²) >= 11 is 1.84. The number of pyridine rings is 1. The van der Waals surface area contributed by atoms with Crippen molar-refractivity contribution in [3.05, 3.63) is 23.6 Å². The van der Waals surface area contributed by atoms with Crippen molar-refractivity contribution >= 4 is 23.5 Å². The number of rotatable bonds is 3. The third-order valence-electron chi connectivity index (χ3n) is 3.18. The largest absolute Gasteiger partial charge is 0.368 e. The molecule has 0 spiro atoms. The van der Waals surface area contributed by atoms with Crippen LogP contribution in [-0.4, -0.2) is 45.9 Å². The average Bonchev–Trinajstić information content (AvgIpc) is 2.39. The fraction of sp³-hybridized carbons (Fsp3) is 0.571. The molecule has 1 amide bonds. The Balaban J connectivity index is 2.23. The van der Waals surface area contributed by atoms with E-state index in [0.29, 0.717) is 19.6 Å². The first-order chi connectivity index (χ1) is 9.44. The van der Waals surface area contributed by atoms with Gasteiger partial charge in [-0.1, -0.05) is 0 Å². The molecule has 4 nitrogen and oxygen atoms in total. The lowest BCUT2D eigenvalue weighted by atomic mass is 10.1. The summed E-state index contributed by atoms with van der Waals surface area (Å²) in [6, 6.07) is 1.45. The number of anilines is 1. The number of amides is 1. The number of carbonyl (C=O) groups is 1. The monoisotopic (exact) mass is 297 g/mol. The maximum absolute atomic E-state index is 14.3. The van der Waals surface area contributed by atoms with Crippen LogP contribution in [0.2, 0.25) is 0 Å². The summed E-state index contributed by atoms with van der Waals surface area (Å²) in [5.41, 5.74) is 0.0960. The van der Waals surface area contributed by atoms with Crippen molar-refractivity contribution in [3.8, 4) is 0 Å². The molecule has 110 valence electrons. The summed E-state index contributed by atoms with van der Waals surface area (Å²) in [5, 5.41) is 2.83. The lowest BCUT2D eigenvalue weighted by Crippen LogP contribution is -2.46. The average molecular weight is 297 g/mol. The summed E-state index contributed by atoms with van der Waals surface area (Å²) in [5.74, 6) is 0.211. The minimum atomic E-state index is -0.560. The molecule has 2 heterocycles. The number of hydrogen-bond acceptors (Lipinski definition) is 4. The van der Waals surface area contributed by atoms with Crippen molar-refractivity contribution in [3.63, 3.8) is 0 Å². The molecular weight excluding hydrogens is 277 g/mol. The molecule has 1 aliphatic rings. The Morgan fingerprint density at radius 3 is 3.00 bits per heavy atom. The molecule has 1 aromatic rings. The van der Waals surface area contributed by atoms with Gasteiger partial charge in [0.05, 0.1) is 5.56 Å². The molecule has 0 saturated carbocycles. The van der Waals surface area contributed by atoms with Crippen LogP contribution in [0.25, 0.3) is 0 Å². The van der Waals surface area contributed by atoms with E-state index < -0.39 is 5.82 Å². The van der Waals surface area contributed by atoms with Gasteiger partial charge in [-0.05, 0) is 26.8 Å². The highest BCUT2D eigenvalue weighted by molar-refractivity contribution is 8.00. The van der Waals surface area contributed by atoms with Gasteiger partial charge in [-0.25, -0.2) is 9.37 Å². The minimum absolute atomic E-state index is 0.0158. The molecule has 0 radical (unpaired) electrons. The number of halogens is 1. The summed E-state index contributed by atoms with van der Waals surface area (Å²) in [6.45, 7) is 7.92. The summed E-state index contributed by atoms with van der Waals surface area (Å²) < 4.78 is 14.3. The van der Waals surface area contributed by atoms with Crippen molar-refractivity contribution in [2.75, 3.05) is 30.7 Å². The van der Waals surface area contributed by atoms with Crippen LogP contribution in [-0.2, 0) is 0 Å². The standard InChI is InChI=1S/C14H20FN3OS/c1-4-16-12-11(15)10(5-6-17-12)13(19)18-7-8-20-14(2,3)9-18/h5-6H,4,7-9H2,1-3H3,(H,16,17). The van der Waals surface area contributed by atoms with Crippen LogP contribution in [0, 0.1) is 5.82 Å². The molecule has 0 unspecified atom stereocenters. The van der Waals surface area contributed by atoms with Crippen molar-refractivity contribution in [1.82, 2.24) is 9.88 Å². The smallest absolute Gasteiger partial charge is 0.257 e. The molecule has 1 N–H and O–H groups in total. The van der Waals surface area contributed by atoms with E-state index in [1.54, 1.807) is 4.90 Å². The quantitative estimate of drug-likeness (QED) is 0.931. The molecule has 2 rings (SSSR count). The molecule has 1 aromatic heterocycles. The minimum Gasteiger partial charge on any atom is -0.368 e. The van der Waals surface area contributed by atoms with Crippen molar-refractivity contribution in [1.29, 1.82) is 0 Å². The SMILES string of the molecule is CCNc1nccc(C(=O)N2CCSC(C)(C)C2)c1F. The first-order valence-corrected chi connectivity index (χ1v) is 7.75. The second kappa shape index (κ2) is 5.99. The molecular formula is C14H20FN3OS. The lowest BCUT2D eigenvalue weighted by Gasteiger charge is -2.37. The summed E-state index contributed by atoms with van der Waals surface area (Å²) in [6.07, 6.45) is 1.47. The van der Waals surface area contributed by atoms with E-state index in [2.05, 4.69) is 24.1 Å². The van der Waals surface area contributed by atoms with Gasteiger partial charge in [0.15, 0.2) is 11.6 Å². The van der Waals surface area contributed by atoms with Gasteiger partial charge in [0.2, 0.25) is 0 Å². The first-order valence-electron chi connectivity index (χ1n) is 6.76. The predicted molar refractivity (Wildman–Crippen MR) is 80.8 cm³/mol. The normalized spacial score (nSPS) is 17.9. The zero-order valence-electron chi connectivity index (χ0n) is 12.1. The Hall–Kier alpha value is -1.30. The van der Waals surface area contributed by atoms with Gasteiger partial charge in [0.25, 0.3) is 5.91 Å². The van der Waals surface area contributed by atoms with Gasteiger partial charge in [-0.3, -0.25) is 4.79 Å². The number of carbonyl (C=O) groups excluding carboxylic acids is 1. The molecule has 1 aliphatic heterocycles. The van der Waals surface area contributed by atoms with Gasteiger partial charge in [0.1, 0.15) is 0 Å². The van der Waals surface area contributed by atoms with E-state index in [4.69, 9.17) is 0 Å². The van der Waals surface area contributed by atoms with Gasteiger partial charge in [-0.15, -0.1) is 0 Å². The van der Waals surface area contributed by atoms with Gasteiger partial charge in [-0.2, -0.15) is 11.8 Å². The molecule has 0 atom stereocenters. The van der Waals surface area contributed by atoms with E-state index in [1.165, 1.54) is 12.3 Å². The summed E-state index contributed by atoms with van der Waals surface area (Å²) in [4.78, 5) is 18.1. The van der Waals surface area contributed by atoms with Gasteiger partial charge in [0, 0.05) is 36.3 Å². The van der Waals surface area contributed by atoms with E-state index in [9.17, 15) is 9.18 Å². The lowest BCUT2D eigenvalue weighted by molar-refractivity contribution is 0.0743. The number of nitrogens with zero attached hydrogens (tertiary/aromatic N) is 2. The Bertz CT molecular complexity index is 507. The van der Waals surface area contributed by atoms with Crippen LogP contribution < -0.4 is 5.32 Å². The van der Waals surface area contributed by atoms with Crippen molar-refractivity contribution in [2.45, 2.75) is 25.5 Å². The maximum atomic E-state index is 14.3. The van der Waals surface area contributed by atoms with Crippen LogP contribution in [0.5, 0.6) is 0 Å². The maximum Gasteiger partial charge on any atom is 0.257 e. The van der Waals surface area contributed by atoms with Crippen LogP contribution >= 0.6 is 11.8 Å². The highest BCUT2D eigenvalue weighted by Crippen LogP contribution is 2.30. The molecule has 0 aliphatic carbocycles. The van der Waals surface area contributed by atoms with Crippen LogP contribution in [0.3, 0.4) is 0 Å². The topological polar surface area (TPSA) is 45.2 Å². The van der Waals surface area contributed by atoms with Crippen molar-refractivity contribution < 1.29 is 9.18 Å². The second-order valence-electron chi connectivity index (χ2n) is 5.39. The fourth-order valence-electron chi connectivity index (χ4n) is 2.26. The Morgan fingerprint density at radius 1 is 1.60 bits per heavy atom. The number of aromatic nitrogens is 1. The molecule has 1 fully saturated rings.